The van der Waals surface area contributed by atoms with Crippen molar-refractivity contribution in [3.05, 3.63) is 0 Å². The van der Waals surface area contributed by atoms with Gasteiger partial charge >= 0.3 is 0 Å². The van der Waals surface area contributed by atoms with Gasteiger partial charge in [-0.2, -0.15) is 10.2 Å². The summed E-state index contributed by atoms with van der Waals surface area (Å²) < 4.78 is 0. The first-order valence-corrected chi connectivity index (χ1v) is 2.37. The number of hydrogen-bond acceptors (Lipinski definition) is 3. The fourth-order valence-electron chi connectivity index (χ4n) is 0.202. The van der Waals surface area contributed by atoms with E-state index >= 15 is 0 Å². The van der Waals surface area contributed by atoms with Gasteiger partial charge in [0.15, 0.2) is 0 Å². The fourth-order valence-corrected chi connectivity index (χ4v) is 0.202. The summed E-state index contributed by atoms with van der Waals surface area (Å²) in [5.41, 5.74) is 0.470. The predicted octanol–water partition coefficient (Wildman–Crippen LogP) is 1.10. The van der Waals surface area contributed by atoms with E-state index in [-0.39, 0.29) is 0 Å². The molecule has 8 heavy (non-hydrogen) atoms. The van der Waals surface area contributed by atoms with Gasteiger partial charge in [-0.05, 0) is 6.42 Å². The Balaban J connectivity index is 3.52. The van der Waals surface area contributed by atoms with E-state index in [1.54, 1.807) is 0 Å². The Hall–Kier alpha value is -0.990. The van der Waals surface area contributed by atoms with E-state index in [0.29, 0.717) is 12.1 Å². The molecule has 0 rings (SSSR count). The van der Waals surface area contributed by atoms with E-state index in [4.69, 9.17) is 5.41 Å². The molecule has 0 atom stereocenters. The molecule has 3 heteroatoms. The molecule has 0 aliphatic carbocycles. The van der Waals surface area contributed by atoms with Crippen LogP contribution in [0.15, 0.2) is 10.2 Å². The Morgan fingerprint density at radius 1 is 1.88 bits per heavy atom. The van der Waals surface area contributed by atoms with E-state index in [1.165, 1.54) is 6.21 Å². The second kappa shape index (κ2) is 4.18. The highest BCUT2D eigenvalue weighted by atomic mass is 15.2. The maximum atomic E-state index is 7.00. The lowest BCUT2D eigenvalue weighted by Gasteiger charge is -1.82. The highest BCUT2D eigenvalue weighted by Crippen LogP contribution is 1.75. The van der Waals surface area contributed by atoms with Crippen LogP contribution in [0.1, 0.15) is 13.3 Å². The van der Waals surface area contributed by atoms with Crippen LogP contribution in [0.25, 0.3) is 0 Å². The molecule has 0 saturated heterocycles. The quantitative estimate of drug-likeness (QED) is 0.419. The third-order valence-electron chi connectivity index (χ3n) is 0.676. The lowest BCUT2D eigenvalue weighted by Crippen LogP contribution is -1.92. The highest BCUT2D eigenvalue weighted by molar-refractivity contribution is 6.28. The molecule has 1 N–H and O–H groups in total. The van der Waals surface area contributed by atoms with Gasteiger partial charge in [0.2, 0.25) is 0 Å². The van der Waals surface area contributed by atoms with Crippen LogP contribution < -0.4 is 0 Å². The smallest absolute Gasteiger partial charge is 0.0703 e. The largest absolute Gasteiger partial charge is 0.304 e. The first-order valence-electron chi connectivity index (χ1n) is 2.37. The van der Waals surface area contributed by atoms with Gasteiger partial charge in [0.25, 0.3) is 0 Å². The van der Waals surface area contributed by atoms with Crippen molar-refractivity contribution < 1.29 is 0 Å². The van der Waals surface area contributed by atoms with Crippen molar-refractivity contribution >= 4 is 18.6 Å². The van der Waals surface area contributed by atoms with Crippen molar-refractivity contribution in [1.29, 1.82) is 5.41 Å². The molecule has 0 aliphatic rings. The average molecular weight is 111 g/mol. The monoisotopic (exact) mass is 111 g/mol. The van der Waals surface area contributed by atoms with Gasteiger partial charge in [-0.15, -0.1) is 0 Å². The van der Waals surface area contributed by atoms with Crippen LogP contribution in [0, 0.1) is 5.41 Å². The Bertz CT molecular complexity index is 115. The van der Waals surface area contributed by atoms with Crippen LogP contribution in [0.2, 0.25) is 0 Å². The van der Waals surface area contributed by atoms with Crippen LogP contribution in [0.4, 0.5) is 0 Å². The molecular weight excluding hydrogens is 102 g/mol. The predicted molar refractivity (Wildman–Crippen MR) is 36.1 cm³/mol. The van der Waals surface area contributed by atoms with E-state index < -0.39 is 0 Å². The molecule has 0 amide bonds. The molecule has 0 heterocycles. The minimum atomic E-state index is 0.470. The van der Waals surface area contributed by atoms with Crippen LogP contribution >= 0.6 is 0 Å². The highest BCUT2D eigenvalue weighted by Gasteiger charge is 1.81. The summed E-state index contributed by atoms with van der Waals surface area (Å²) in [6.07, 6.45) is 2.08. The summed E-state index contributed by atoms with van der Waals surface area (Å²) in [6, 6.07) is 0. The van der Waals surface area contributed by atoms with Gasteiger partial charge in [-0.25, -0.2) is 0 Å². The molecule has 0 aromatic carbocycles. The molecule has 0 radical (unpaired) electrons. The van der Waals surface area contributed by atoms with E-state index in [9.17, 15) is 0 Å². The van der Waals surface area contributed by atoms with Crippen molar-refractivity contribution in [2.24, 2.45) is 10.2 Å². The molecule has 0 aliphatic heterocycles. The summed E-state index contributed by atoms with van der Waals surface area (Å²) >= 11 is 0. The second-order valence-corrected chi connectivity index (χ2v) is 1.26. The molecule has 44 valence electrons. The van der Waals surface area contributed by atoms with Gasteiger partial charge in [0, 0.05) is 6.72 Å². The fraction of sp³-hybridized carbons (Fsp3) is 0.400. The maximum absolute atomic E-state index is 7.00. The van der Waals surface area contributed by atoms with Crippen molar-refractivity contribution in [3.63, 3.8) is 0 Å². The number of nitrogens with zero attached hydrogens (tertiary/aromatic N) is 2. The molecule has 0 aromatic rings. The van der Waals surface area contributed by atoms with E-state index in [0.717, 1.165) is 0 Å². The third-order valence-corrected chi connectivity index (χ3v) is 0.676. The Morgan fingerprint density at radius 3 is 2.88 bits per heavy atom. The molecule has 3 nitrogen and oxygen atoms in total. The van der Waals surface area contributed by atoms with Gasteiger partial charge in [0.05, 0.1) is 11.9 Å². The van der Waals surface area contributed by atoms with Crippen LogP contribution in [-0.2, 0) is 0 Å². The number of nitrogens with one attached hydrogen (secondary N) is 1. The summed E-state index contributed by atoms with van der Waals surface area (Å²) in [7, 11) is 0. The summed E-state index contributed by atoms with van der Waals surface area (Å²) in [5, 5.41) is 13.6. The van der Waals surface area contributed by atoms with E-state index in [2.05, 4.69) is 16.9 Å². The molecule has 0 spiro atoms. The minimum Gasteiger partial charge on any atom is -0.304 e. The second-order valence-electron chi connectivity index (χ2n) is 1.26. The Morgan fingerprint density at radius 2 is 2.50 bits per heavy atom. The first kappa shape index (κ1) is 7.01. The van der Waals surface area contributed by atoms with Crippen LogP contribution in [-0.4, -0.2) is 18.6 Å². The number of hydrogen-bond donors (Lipinski definition) is 1. The normalized spacial score (nSPS) is 9.62. The maximum Gasteiger partial charge on any atom is 0.0703 e. The number of rotatable bonds is 3. The summed E-state index contributed by atoms with van der Waals surface area (Å²) in [4.78, 5) is 0. The van der Waals surface area contributed by atoms with Gasteiger partial charge < -0.3 is 5.41 Å². The SMILES string of the molecule is C=NN=CC(=N)CC. The lowest BCUT2D eigenvalue weighted by atomic mass is 10.3. The molecular formula is C5H9N3. The average Bonchev–Trinajstić information content (AvgIpc) is 1.83. The van der Waals surface area contributed by atoms with Gasteiger partial charge in [-0.3, -0.25) is 0 Å². The summed E-state index contributed by atoms with van der Waals surface area (Å²) in [5.74, 6) is 0. The zero-order valence-corrected chi connectivity index (χ0v) is 4.89. The zero-order chi connectivity index (χ0) is 6.41. The molecule has 0 unspecified atom stereocenters. The topological polar surface area (TPSA) is 48.6 Å². The Labute approximate surface area is 48.6 Å². The van der Waals surface area contributed by atoms with Gasteiger partial charge in [0.1, 0.15) is 0 Å². The van der Waals surface area contributed by atoms with Crippen LogP contribution in [0.5, 0.6) is 0 Å². The molecule has 0 bridgehead atoms. The molecule has 0 saturated carbocycles. The van der Waals surface area contributed by atoms with Crippen molar-refractivity contribution in [1.82, 2.24) is 0 Å². The van der Waals surface area contributed by atoms with E-state index in [1.807, 2.05) is 6.92 Å². The molecule has 0 aromatic heterocycles. The van der Waals surface area contributed by atoms with Crippen LogP contribution in [0.3, 0.4) is 0 Å². The first-order chi connectivity index (χ1) is 3.81. The Kier molecular flexibility index (Phi) is 3.66. The van der Waals surface area contributed by atoms with Crippen molar-refractivity contribution in [2.45, 2.75) is 13.3 Å². The minimum absolute atomic E-state index is 0.470. The van der Waals surface area contributed by atoms with Gasteiger partial charge in [-0.1, -0.05) is 6.92 Å². The standard InChI is InChI=1S/C5H9N3/c1-3-5(6)4-8-7-2/h4,6H,2-3H2,1H3. The zero-order valence-electron chi connectivity index (χ0n) is 4.89. The molecule has 0 fully saturated rings. The summed E-state index contributed by atoms with van der Waals surface area (Å²) in [6.45, 7) is 5.01. The lowest BCUT2D eigenvalue weighted by molar-refractivity contribution is 1.25. The van der Waals surface area contributed by atoms with Crippen molar-refractivity contribution in [2.75, 3.05) is 0 Å². The third kappa shape index (κ3) is 3.21. The van der Waals surface area contributed by atoms with Crippen molar-refractivity contribution in [3.8, 4) is 0 Å².